The molecule has 0 saturated heterocycles. The molecule has 1 atom stereocenters. The summed E-state index contributed by atoms with van der Waals surface area (Å²) in [6.45, 7) is 4.27. The van der Waals surface area contributed by atoms with Crippen LogP contribution in [0.2, 0.25) is 0 Å². The third-order valence-electron chi connectivity index (χ3n) is 1.55. The van der Waals surface area contributed by atoms with Crippen LogP contribution >= 0.6 is 0 Å². The predicted molar refractivity (Wildman–Crippen MR) is 44.1 cm³/mol. The molecule has 11 heavy (non-hydrogen) atoms. The number of nitrogens with two attached hydrogens (primary N) is 1. The molecule has 0 saturated carbocycles. The smallest absolute Gasteiger partial charge is 0.305 e. The van der Waals surface area contributed by atoms with Gasteiger partial charge in [-0.25, -0.2) is 0 Å². The van der Waals surface area contributed by atoms with Gasteiger partial charge >= 0.3 is 5.97 Å². The largest absolute Gasteiger partial charge is 0.466 e. The fraction of sp³-hybridized carbons (Fsp3) is 0.875. The highest BCUT2D eigenvalue weighted by Gasteiger charge is 2.04. The minimum absolute atomic E-state index is 0.138. The SMILES string of the molecule is CCOC(=O)CCC(N)CC. The molecular formula is C8H17NO2. The molecule has 0 rings (SSSR count). The molecule has 3 heteroatoms. The predicted octanol–water partition coefficient (Wildman–Crippen LogP) is 1.07. The summed E-state index contributed by atoms with van der Waals surface area (Å²) in [5, 5.41) is 0. The Kier molecular flexibility index (Phi) is 5.84. The second kappa shape index (κ2) is 6.16. The molecule has 0 fully saturated rings. The summed E-state index contributed by atoms with van der Waals surface area (Å²) in [5.41, 5.74) is 5.61. The van der Waals surface area contributed by atoms with E-state index >= 15 is 0 Å². The van der Waals surface area contributed by atoms with Gasteiger partial charge < -0.3 is 10.5 Å². The topological polar surface area (TPSA) is 52.3 Å². The minimum Gasteiger partial charge on any atom is -0.466 e. The molecule has 0 aromatic carbocycles. The van der Waals surface area contributed by atoms with E-state index in [0.29, 0.717) is 13.0 Å². The summed E-state index contributed by atoms with van der Waals surface area (Å²) in [6.07, 6.45) is 2.09. The van der Waals surface area contributed by atoms with Gasteiger partial charge in [0, 0.05) is 12.5 Å². The highest BCUT2D eigenvalue weighted by atomic mass is 16.5. The lowest BCUT2D eigenvalue weighted by Crippen LogP contribution is -2.20. The summed E-state index contributed by atoms with van der Waals surface area (Å²) in [5.74, 6) is -0.142. The molecule has 1 unspecified atom stereocenters. The van der Waals surface area contributed by atoms with E-state index in [9.17, 15) is 4.79 Å². The highest BCUT2D eigenvalue weighted by molar-refractivity contribution is 5.69. The number of carbonyl (C=O) groups excluding carboxylic acids is 1. The van der Waals surface area contributed by atoms with Crippen molar-refractivity contribution in [2.45, 2.75) is 39.2 Å². The average Bonchev–Trinajstić information content (AvgIpc) is 2.01. The van der Waals surface area contributed by atoms with Crippen molar-refractivity contribution in [3.63, 3.8) is 0 Å². The van der Waals surface area contributed by atoms with Crippen LogP contribution < -0.4 is 5.73 Å². The van der Waals surface area contributed by atoms with Crippen LogP contribution in [0, 0.1) is 0 Å². The van der Waals surface area contributed by atoms with Gasteiger partial charge in [0.25, 0.3) is 0 Å². The summed E-state index contributed by atoms with van der Waals surface area (Å²) >= 11 is 0. The molecule has 0 spiro atoms. The lowest BCUT2D eigenvalue weighted by atomic mass is 10.1. The Balaban J connectivity index is 3.30. The Morgan fingerprint density at radius 1 is 1.55 bits per heavy atom. The monoisotopic (exact) mass is 159 g/mol. The van der Waals surface area contributed by atoms with Crippen LogP contribution in [-0.4, -0.2) is 18.6 Å². The van der Waals surface area contributed by atoms with E-state index in [-0.39, 0.29) is 12.0 Å². The quantitative estimate of drug-likeness (QED) is 0.610. The first-order valence-electron chi connectivity index (χ1n) is 4.11. The third-order valence-corrected chi connectivity index (χ3v) is 1.55. The maximum absolute atomic E-state index is 10.8. The van der Waals surface area contributed by atoms with E-state index in [1.807, 2.05) is 6.92 Å². The number of esters is 1. The van der Waals surface area contributed by atoms with Crippen molar-refractivity contribution in [2.24, 2.45) is 5.73 Å². The molecule has 0 amide bonds. The molecular weight excluding hydrogens is 142 g/mol. The van der Waals surface area contributed by atoms with Crippen molar-refractivity contribution in [2.75, 3.05) is 6.61 Å². The zero-order chi connectivity index (χ0) is 8.69. The molecule has 0 radical (unpaired) electrons. The van der Waals surface area contributed by atoms with Gasteiger partial charge in [0.05, 0.1) is 6.61 Å². The number of ether oxygens (including phenoxy) is 1. The van der Waals surface area contributed by atoms with Crippen LogP contribution in [0.4, 0.5) is 0 Å². The van der Waals surface area contributed by atoms with Gasteiger partial charge in [-0.2, -0.15) is 0 Å². The summed E-state index contributed by atoms with van der Waals surface area (Å²) in [7, 11) is 0. The molecule has 2 N–H and O–H groups in total. The molecule has 0 aliphatic heterocycles. The van der Waals surface area contributed by atoms with Crippen molar-refractivity contribution < 1.29 is 9.53 Å². The molecule has 0 aliphatic carbocycles. The van der Waals surface area contributed by atoms with Crippen LogP contribution in [0.5, 0.6) is 0 Å². The van der Waals surface area contributed by atoms with Crippen molar-refractivity contribution in [1.29, 1.82) is 0 Å². The standard InChI is InChI=1S/C8H17NO2/c1-3-7(9)5-6-8(10)11-4-2/h7H,3-6,9H2,1-2H3. The zero-order valence-electron chi connectivity index (χ0n) is 7.30. The first-order chi connectivity index (χ1) is 5.20. The molecule has 0 aliphatic rings. The minimum atomic E-state index is -0.142. The number of rotatable bonds is 5. The Labute approximate surface area is 67.9 Å². The van der Waals surface area contributed by atoms with Crippen LogP contribution in [-0.2, 0) is 9.53 Å². The van der Waals surface area contributed by atoms with Gasteiger partial charge in [-0.05, 0) is 19.8 Å². The molecule has 0 heterocycles. The maximum atomic E-state index is 10.8. The molecule has 3 nitrogen and oxygen atoms in total. The Morgan fingerprint density at radius 3 is 2.64 bits per heavy atom. The van der Waals surface area contributed by atoms with E-state index in [0.717, 1.165) is 12.8 Å². The molecule has 0 aromatic rings. The summed E-state index contributed by atoms with van der Waals surface area (Å²) < 4.78 is 4.74. The van der Waals surface area contributed by atoms with E-state index in [1.165, 1.54) is 0 Å². The number of hydrogen-bond acceptors (Lipinski definition) is 3. The molecule has 66 valence electrons. The Hall–Kier alpha value is -0.570. The van der Waals surface area contributed by atoms with Gasteiger partial charge in [-0.1, -0.05) is 6.92 Å². The first-order valence-corrected chi connectivity index (χ1v) is 4.11. The van der Waals surface area contributed by atoms with Crippen molar-refractivity contribution in [3.05, 3.63) is 0 Å². The first kappa shape index (κ1) is 10.4. The Bertz CT molecular complexity index is 115. The van der Waals surface area contributed by atoms with Crippen molar-refractivity contribution in [1.82, 2.24) is 0 Å². The maximum Gasteiger partial charge on any atom is 0.305 e. The van der Waals surface area contributed by atoms with Gasteiger partial charge in [0.2, 0.25) is 0 Å². The van der Waals surface area contributed by atoms with Crippen LogP contribution in [0.25, 0.3) is 0 Å². The van der Waals surface area contributed by atoms with Gasteiger partial charge in [0.15, 0.2) is 0 Å². The van der Waals surface area contributed by atoms with E-state index in [4.69, 9.17) is 10.5 Å². The van der Waals surface area contributed by atoms with Crippen molar-refractivity contribution in [3.8, 4) is 0 Å². The fourth-order valence-electron chi connectivity index (χ4n) is 0.741. The highest BCUT2D eigenvalue weighted by Crippen LogP contribution is 1.99. The van der Waals surface area contributed by atoms with E-state index in [2.05, 4.69) is 0 Å². The zero-order valence-corrected chi connectivity index (χ0v) is 7.30. The normalized spacial score (nSPS) is 12.6. The van der Waals surface area contributed by atoms with Gasteiger partial charge in [0.1, 0.15) is 0 Å². The van der Waals surface area contributed by atoms with Crippen LogP contribution in [0.15, 0.2) is 0 Å². The average molecular weight is 159 g/mol. The van der Waals surface area contributed by atoms with Crippen molar-refractivity contribution >= 4 is 5.97 Å². The second-order valence-electron chi connectivity index (χ2n) is 2.51. The van der Waals surface area contributed by atoms with Crippen LogP contribution in [0.1, 0.15) is 33.1 Å². The molecule has 0 bridgehead atoms. The van der Waals surface area contributed by atoms with E-state index < -0.39 is 0 Å². The number of carbonyl (C=O) groups is 1. The molecule has 0 aromatic heterocycles. The third kappa shape index (κ3) is 5.85. The fourth-order valence-corrected chi connectivity index (χ4v) is 0.741. The van der Waals surface area contributed by atoms with Crippen LogP contribution in [0.3, 0.4) is 0 Å². The number of hydrogen-bond donors (Lipinski definition) is 1. The lowest BCUT2D eigenvalue weighted by Gasteiger charge is -2.06. The Morgan fingerprint density at radius 2 is 2.18 bits per heavy atom. The second-order valence-corrected chi connectivity index (χ2v) is 2.51. The lowest BCUT2D eigenvalue weighted by molar-refractivity contribution is -0.143. The summed E-state index contributed by atoms with van der Waals surface area (Å²) in [4.78, 5) is 10.8. The van der Waals surface area contributed by atoms with Gasteiger partial charge in [-0.15, -0.1) is 0 Å². The van der Waals surface area contributed by atoms with E-state index in [1.54, 1.807) is 6.92 Å². The summed E-state index contributed by atoms with van der Waals surface area (Å²) in [6, 6.07) is 0.138. The van der Waals surface area contributed by atoms with Gasteiger partial charge in [-0.3, -0.25) is 4.79 Å².